The van der Waals surface area contributed by atoms with Crippen LogP contribution in [0.25, 0.3) is 0 Å². The van der Waals surface area contributed by atoms with E-state index in [4.69, 9.17) is 0 Å². The highest BCUT2D eigenvalue weighted by molar-refractivity contribution is 7.90. The third kappa shape index (κ3) is 6.43. The van der Waals surface area contributed by atoms with E-state index >= 15 is 0 Å². The number of halogens is 2. The molecule has 1 aromatic carbocycles. The Hall–Kier alpha value is -1.01. The Labute approximate surface area is 119 Å². The van der Waals surface area contributed by atoms with Gasteiger partial charge in [0.15, 0.2) is 11.6 Å². The molecule has 1 N–H and O–H groups in total. The van der Waals surface area contributed by atoms with Crippen LogP contribution in [0.2, 0.25) is 0 Å². The first kappa shape index (κ1) is 17.0. The zero-order valence-electron chi connectivity index (χ0n) is 11.8. The summed E-state index contributed by atoms with van der Waals surface area (Å²) in [6, 6.07) is 3.73. The second-order valence-corrected chi connectivity index (χ2v) is 7.28. The average molecular weight is 305 g/mol. The third-order valence-corrected chi connectivity index (χ3v) is 3.96. The maximum atomic E-state index is 13.2. The first-order chi connectivity index (χ1) is 9.31. The van der Waals surface area contributed by atoms with Crippen molar-refractivity contribution >= 4 is 9.84 Å². The van der Waals surface area contributed by atoms with E-state index in [1.807, 2.05) is 6.92 Å². The number of sulfone groups is 1. The van der Waals surface area contributed by atoms with E-state index in [0.717, 1.165) is 25.1 Å². The molecular formula is C14H21F2NO2S. The third-order valence-electron chi connectivity index (χ3n) is 2.99. The van der Waals surface area contributed by atoms with Crippen molar-refractivity contribution in [3.8, 4) is 0 Å². The molecule has 0 aliphatic carbocycles. The quantitative estimate of drug-likeness (QED) is 0.801. The van der Waals surface area contributed by atoms with E-state index in [-0.39, 0.29) is 11.8 Å². The van der Waals surface area contributed by atoms with Crippen molar-refractivity contribution in [2.24, 2.45) is 0 Å². The second-order valence-electron chi connectivity index (χ2n) is 5.02. The topological polar surface area (TPSA) is 46.2 Å². The van der Waals surface area contributed by atoms with Gasteiger partial charge < -0.3 is 5.32 Å². The van der Waals surface area contributed by atoms with Crippen LogP contribution in [0.15, 0.2) is 18.2 Å². The van der Waals surface area contributed by atoms with Crippen molar-refractivity contribution in [2.75, 3.05) is 18.6 Å². The monoisotopic (exact) mass is 305 g/mol. The van der Waals surface area contributed by atoms with Crippen molar-refractivity contribution in [3.63, 3.8) is 0 Å². The molecule has 1 aromatic rings. The van der Waals surface area contributed by atoms with E-state index < -0.39 is 21.5 Å². The summed E-state index contributed by atoms with van der Waals surface area (Å²) in [6.07, 6.45) is 3.05. The van der Waals surface area contributed by atoms with E-state index in [1.165, 1.54) is 12.3 Å². The summed E-state index contributed by atoms with van der Waals surface area (Å²) < 4.78 is 48.5. The van der Waals surface area contributed by atoms with Gasteiger partial charge >= 0.3 is 0 Å². The maximum absolute atomic E-state index is 13.2. The van der Waals surface area contributed by atoms with E-state index in [0.29, 0.717) is 18.4 Å². The largest absolute Gasteiger partial charge is 0.314 e. The molecule has 1 atom stereocenters. The summed E-state index contributed by atoms with van der Waals surface area (Å²) in [5, 5.41) is 3.24. The van der Waals surface area contributed by atoms with Crippen molar-refractivity contribution in [1.29, 1.82) is 0 Å². The van der Waals surface area contributed by atoms with Crippen LogP contribution >= 0.6 is 0 Å². The van der Waals surface area contributed by atoms with Gasteiger partial charge in [0.1, 0.15) is 9.84 Å². The van der Waals surface area contributed by atoms with E-state index in [1.54, 1.807) is 0 Å². The molecule has 3 nitrogen and oxygen atoms in total. The summed E-state index contributed by atoms with van der Waals surface area (Å²) in [6.45, 7) is 2.77. The average Bonchev–Trinajstić information content (AvgIpc) is 2.36. The Bertz CT molecular complexity index is 532. The Morgan fingerprint density at radius 1 is 1.25 bits per heavy atom. The second kappa shape index (κ2) is 7.69. The lowest BCUT2D eigenvalue weighted by atomic mass is 10.0. The standard InChI is InChI=1S/C14H21F2NO2S/c1-3-7-17-12(6-8-20(2,18)19)9-11-4-5-13(15)14(16)10-11/h4-5,10,12,17H,3,6-9H2,1-2H3. The van der Waals surface area contributed by atoms with Crippen LogP contribution in [0, 0.1) is 11.6 Å². The first-order valence-electron chi connectivity index (χ1n) is 6.67. The molecule has 0 bridgehead atoms. The number of rotatable bonds is 8. The molecule has 0 fully saturated rings. The predicted octanol–water partition coefficient (Wildman–Crippen LogP) is 2.31. The molecule has 0 saturated carbocycles. The highest BCUT2D eigenvalue weighted by Gasteiger charge is 2.13. The van der Waals surface area contributed by atoms with Gasteiger partial charge in [-0.05, 0) is 43.5 Å². The molecule has 20 heavy (non-hydrogen) atoms. The van der Waals surface area contributed by atoms with Crippen LogP contribution in [0.5, 0.6) is 0 Å². The first-order valence-corrected chi connectivity index (χ1v) is 8.73. The maximum Gasteiger partial charge on any atom is 0.159 e. The molecule has 1 rings (SSSR count). The van der Waals surface area contributed by atoms with Gasteiger partial charge in [0, 0.05) is 12.3 Å². The summed E-state index contributed by atoms with van der Waals surface area (Å²) in [5.74, 6) is -1.67. The lowest BCUT2D eigenvalue weighted by Crippen LogP contribution is -2.33. The van der Waals surface area contributed by atoms with Gasteiger partial charge in [-0.3, -0.25) is 0 Å². The van der Waals surface area contributed by atoms with Crippen LogP contribution in [0.3, 0.4) is 0 Å². The van der Waals surface area contributed by atoms with Crippen molar-refractivity contribution in [2.45, 2.75) is 32.2 Å². The SMILES string of the molecule is CCCNC(CCS(C)(=O)=O)Cc1ccc(F)c(F)c1. The molecule has 0 spiro atoms. The molecule has 0 aliphatic heterocycles. The van der Waals surface area contributed by atoms with Crippen molar-refractivity contribution in [3.05, 3.63) is 35.4 Å². The highest BCUT2D eigenvalue weighted by Crippen LogP contribution is 2.12. The summed E-state index contributed by atoms with van der Waals surface area (Å²) in [4.78, 5) is 0. The van der Waals surface area contributed by atoms with Gasteiger partial charge in [0.25, 0.3) is 0 Å². The minimum atomic E-state index is -3.03. The van der Waals surface area contributed by atoms with Crippen LogP contribution in [-0.4, -0.2) is 33.0 Å². The van der Waals surface area contributed by atoms with Crippen molar-refractivity contribution < 1.29 is 17.2 Å². The molecule has 1 unspecified atom stereocenters. The summed E-state index contributed by atoms with van der Waals surface area (Å²) >= 11 is 0. The van der Waals surface area contributed by atoms with Crippen LogP contribution in [0.4, 0.5) is 8.78 Å². The number of nitrogens with one attached hydrogen (secondary N) is 1. The molecule has 114 valence electrons. The Morgan fingerprint density at radius 3 is 2.50 bits per heavy atom. The zero-order chi connectivity index (χ0) is 15.2. The van der Waals surface area contributed by atoms with Gasteiger partial charge in [-0.1, -0.05) is 13.0 Å². The molecule has 0 amide bonds. The minimum absolute atomic E-state index is 0.0606. The molecule has 0 heterocycles. The Kier molecular flexibility index (Phi) is 6.55. The molecule has 0 aromatic heterocycles. The Balaban J connectivity index is 2.69. The molecule has 0 saturated heterocycles. The Morgan fingerprint density at radius 2 is 1.95 bits per heavy atom. The van der Waals surface area contributed by atoms with E-state index in [2.05, 4.69) is 5.32 Å². The summed E-state index contributed by atoms with van der Waals surface area (Å²) in [7, 11) is -3.03. The van der Waals surface area contributed by atoms with Gasteiger partial charge in [-0.15, -0.1) is 0 Å². The normalized spacial score (nSPS) is 13.4. The van der Waals surface area contributed by atoms with Crippen LogP contribution < -0.4 is 5.32 Å². The fourth-order valence-electron chi connectivity index (χ4n) is 1.93. The molecule has 0 radical (unpaired) electrons. The number of hydrogen-bond acceptors (Lipinski definition) is 3. The molecule has 6 heteroatoms. The fourth-order valence-corrected chi connectivity index (χ4v) is 2.64. The van der Waals surface area contributed by atoms with Gasteiger partial charge in [0.05, 0.1) is 5.75 Å². The number of benzene rings is 1. The lowest BCUT2D eigenvalue weighted by molar-refractivity contribution is 0.484. The van der Waals surface area contributed by atoms with Gasteiger partial charge in [0.2, 0.25) is 0 Å². The molecule has 0 aliphatic rings. The van der Waals surface area contributed by atoms with Gasteiger partial charge in [-0.25, -0.2) is 17.2 Å². The van der Waals surface area contributed by atoms with Crippen LogP contribution in [0.1, 0.15) is 25.3 Å². The summed E-state index contributed by atoms with van der Waals surface area (Å²) in [5.41, 5.74) is 0.658. The predicted molar refractivity (Wildman–Crippen MR) is 76.5 cm³/mol. The number of hydrogen-bond donors (Lipinski definition) is 1. The zero-order valence-corrected chi connectivity index (χ0v) is 12.6. The van der Waals surface area contributed by atoms with Crippen molar-refractivity contribution in [1.82, 2.24) is 5.32 Å². The molecular weight excluding hydrogens is 284 g/mol. The highest BCUT2D eigenvalue weighted by atomic mass is 32.2. The smallest absolute Gasteiger partial charge is 0.159 e. The minimum Gasteiger partial charge on any atom is -0.314 e. The van der Waals surface area contributed by atoms with E-state index in [9.17, 15) is 17.2 Å². The lowest BCUT2D eigenvalue weighted by Gasteiger charge is -2.18. The fraction of sp³-hybridized carbons (Fsp3) is 0.571. The van der Waals surface area contributed by atoms with Crippen LogP contribution in [-0.2, 0) is 16.3 Å². The van der Waals surface area contributed by atoms with Gasteiger partial charge in [-0.2, -0.15) is 0 Å².